The first kappa shape index (κ1) is 22.1. The maximum Gasteiger partial charge on any atom is 0.278 e. The molecule has 1 aromatic heterocycles. The molecule has 0 aliphatic rings. The number of rotatable bonds is 7. The second-order valence-electron chi connectivity index (χ2n) is 6.74. The number of hydrogen-bond acceptors (Lipinski definition) is 6. The first-order chi connectivity index (χ1) is 14.8. The van der Waals surface area contributed by atoms with Crippen molar-refractivity contribution < 1.29 is 19.1 Å². The van der Waals surface area contributed by atoms with Crippen molar-refractivity contribution in [2.24, 2.45) is 0 Å². The van der Waals surface area contributed by atoms with E-state index in [1.165, 1.54) is 18.9 Å². The molecule has 0 saturated heterocycles. The predicted molar refractivity (Wildman–Crippen MR) is 117 cm³/mol. The fourth-order valence-electron chi connectivity index (χ4n) is 2.87. The molecule has 2 N–H and O–H groups in total. The van der Waals surface area contributed by atoms with Crippen LogP contribution in [0, 0.1) is 13.8 Å². The van der Waals surface area contributed by atoms with Gasteiger partial charge in [0.25, 0.3) is 5.91 Å². The number of carbonyl (C=O) groups excluding carboxylic acids is 2. The van der Waals surface area contributed by atoms with Gasteiger partial charge in [0.2, 0.25) is 5.91 Å². The third-order valence-corrected chi connectivity index (χ3v) is 4.84. The van der Waals surface area contributed by atoms with Gasteiger partial charge in [0.15, 0.2) is 17.2 Å². The van der Waals surface area contributed by atoms with Crippen molar-refractivity contribution in [1.29, 1.82) is 0 Å². The number of amides is 2. The van der Waals surface area contributed by atoms with Crippen LogP contribution in [0.25, 0.3) is 0 Å². The Labute approximate surface area is 184 Å². The number of aryl methyl sites for hydroxylation is 1. The van der Waals surface area contributed by atoms with Gasteiger partial charge < -0.3 is 20.1 Å². The molecule has 0 spiro atoms. The molecule has 162 valence electrons. The molecule has 3 aromatic rings. The summed E-state index contributed by atoms with van der Waals surface area (Å²) < 4.78 is 11.8. The van der Waals surface area contributed by atoms with E-state index in [0.717, 1.165) is 5.56 Å². The molecule has 0 unspecified atom stereocenters. The van der Waals surface area contributed by atoms with Crippen LogP contribution in [0.2, 0.25) is 5.02 Å². The van der Waals surface area contributed by atoms with Crippen molar-refractivity contribution >= 4 is 34.8 Å². The Kier molecular flexibility index (Phi) is 6.76. The van der Waals surface area contributed by atoms with Gasteiger partial charge >= 0.3 is 0 Å². The van der Waals surface area contributed by atoms with Crippen LogP contribution in [-0.2, 0) is 11.3 Å². The van der Waals surface area contributed by atoms with Gasteiger partial charge in [0.05, 0.1) is 30.6 Å². The second kappa shape index (κ2) is 9.48. The molecule has 3 rings (SSSR count). The monoisotopic (exact) mass is 443 g/mol. The van der Waals surface area contributed by atoms with Gasteiger partial charge in [-0.1, -0.05) is 22.9 Å². The number of aromatic nitrogens is 3. The van der Waals surface area contributed by atoms with E-state index in [-0.39, 0.29) is 18.1 Å². The van der Waals surface area contributed by atoms with Gasteiger partial charge in [-0.05, 0) is 43.7 Å². The summed E-state index contributed by atoms with van der Waals surface area (Å²) in [7, 11) is 3.04. The van der Waals surface area contributed by atoms with Gasteiger partial charge in [0.1, 0.15) is 6.54 Å². The molecule has 2 aromatic carbocycles. The Balaban J connectivity index is 1.68. The van der Waals surface area contributed by atoms with Crippen LogP contribution in [-0.4, -0.2) is 41.0 Å². The zero-order valence-electron chi connectivity index (χ0n) is 17.5. The summed E-state index contributed by atoms with van der Waals surface area (Å²) in [5.74, 6) is 0.242. The topological polar surface area (TPSA) is 107 Å². The molecule has 0 aliphatic heterocycles. The van der Waals surface area contributed by atoms with E-state index in [2.05, 4.69) is 20.9 Å². The minimum absolute atomic E-state index is 0.107. The number of halogens is 1. The van der Waals surface area contributed by atoms with Crippen LogP contribution in [0.4, 0.5) is 11.4 Å². The normalized spacial score (nSPS) is 10.5. The number of nitrogens with one attached hydrogen (secondary N) is 2. The molecular formula is C21H22ClN5O4. The number of carbonyl (C=O) groups is 2. The second-order valence-corrected chi connectivity index (χ2v) is 7.14. The van der Waals surface area contributed by atoms with E-state index < -0.39 is 5.91 Å². The largest absolute Gasteiger partial charge is 0.493 e. The SMILES string of the molecule is COc1ccc(NC(=O)Cn2nnc(C(=O)Nc3ccc(C)cc3Cl)c2C)cc1OC. The van der Waals surface area contributed by atoms with Crippen LogP contribution < -0.4 is 20.1 Å². The number of methoxy groups -OCH3 is 2. The van der Waals surface area contributed by atoms with Gasteiger partial charge in [-0.25, -0.2) is 4.68 Å². The lowest BCUT2D eigenvalue weighted by molar-refractivity contribution is -0.117. The lowest BCUT2D eigenvalue weighted by atomic mass is 10.2. The third-order valence-electron chi connectivity index (χ3n) is 4.53. The van der Waals surface area contributed by atoms with Crippen molar-refractivity contribution in [1.82, 2.24) is 15.0 Å². The molecule has 0 atom stereocenters. The van der Waals surface area contributed by atoms with Crippen molar-refractivity contribution in [2.75, 3.05) is 24.9 Å². The average molecular weight is 444 g/mol. The Morgan fingerprint density at radius 3 is 2.45 bits per heavy atom. The number of nitrogens with zero attached hydrogens (tertiary/aromatic N) is 3. The molecule has 9 nitrogen and oxygen atoms in total. The Morgan fingerprint density at radius 2 is 1.77 bits per heavy atom. The van der Waals surface area contributed by atoms with Gasteiger partial charge in [-0.3, -0.25) is 9.59 Å². The number of ether oxygens (including phenoxy) is 2. The van der Waals surface area contributed by atoms with E-state index in [1.807, 2.05) is 13.0 Å². The first-order valence-electron chi connectivity index (χ1n) is 9.32. The number of hydrogen-bond donors (Lipinski definition) is 2. The molecule has 0 radical (unpaired) electrons. The van der Waals surface area contributed by atoms with Crippen LogP contribution in [0.15, 0.2) is 36.4 Å². The van der Waals surface area contributed by atoms with Crippen molar-refractivity contribution in [3.8, 4) is 11.5 Å². The summed E-state index contributed by atoms with van der Waals surface area (Å²) in [6.45, 7) is 3.45. The van der Waals surface area contributed by atoms with Crippen LogP contribution in [0.3, 0.4) is 0 Å². The molecule has 1 heterocycles. The predicted octanol–water partition coefficient (Wildman–Crippen LogP) is 3.46. The highest BCUT2D eigenvalue weighted by atomic mass is 35.5. The summed E-state index contributed by atoms with van der Waals surface area (Å²) in [5.41, 5.74) is 2.54. The smallest absolute Gasteiger partial charge is 0.278 e. The summed E-state index contributed by atoms with van der Waals surface area (Å²) in [6, 6.07) is 10.3. The summed E-state index contributed by atoms with van der Waals surface area (Å²) in [6.07, 6.45) is 0. The zero-order chi connectivity index (χ0) is 22.5. The van der Waals surface area contributed by atoms with Crippen LogP contribution in [0.1, 0.15) is 21.7 Å². The number of anilines is 2. The molecular weight excluding hydrogens is 422 g/mol. The molecule has 2 amide bonds. The van der Waals surface area contributed by atoms with Gasteiger partial charge in [0, 0.05) is 11.8 Å². The Bertz CT molecular complexity index is 1130. The molecule has 0 bridgehead atoms. The molecule has 10 heteroatoms. The van der Waals surface area contributed by atoms with E-state index >= 15 is 0 Å². The van der Waals surface area contributed by atoms with Gasteiger partial charge in [-0.2, -0.15) is 0 Å². The summed E-state index contributed by atoms with van der Waals surface area (Å²) in [4.78, 5) is 25.0. The lowest BCUT2D eigenvalue weighted by Crippen LogP contribution is -2.21. The highest BCUT2D eigenvalue weighted by Crippen LogP contribution is 2.29. The Hall–Kier alpha value is -3.59. The number of benzene rings is 2. The van der Waals surface area contributed by atoms with Gasteiger partial charge in [-0.15, -0.1) is 5.10 Å². The van der Waals surface area contributed by atoms with E-state index in [4.69, 9.17) is 21.1 Å². The molecule has 31 heavy (non-hydrogen) atoms. The summed E-state index contributed by atoms with van der Waals surface area (Å²) in [5, 5.41) is 13.7. The maximum atomic E-state index is 12.6. The maximum absolute atomic E-state index is 12.6. The lowest BCUT2D eigenvalue weighted by Gasteiger charge is -2.11. The summed E-state index contributed by atoms with van der Waals surface area (Å²) >= 11 is 6.17. The highest BCUT2D eigenvalue weighted by molar-refractivity contribution is 6.34. The third kappa shape index (κ3) is 5.13. The van der Waals surface area contributed by atoms with Crippen LogP contribution >= 0.6 is 11.6 Å². The fourth-order valence-corrected chi connectivity index (χ4v) is 3.16. The minimum atomic E-state index is -0.463. The standard InChI is InChI=1S/C21H22ClN5O4/c1-12-5-7-16(15(22)9-12)24-21(29)20-13(2)27(26-25-20)11-19(28)23-14-6-8-17(30-3)18(10-14)31-4/h5-10H,11H2,1-4H3,(H,23,28)(H,24,29). The fraction of sp³-hybridized carbons (Fsp3) is 0.238. The zero-order valence-corrected chi connectivity index (χ0v) is 18.3. The van der Waals surface area contributed by atoms with E-state index in [9.17, 15) is 9.59 Å². The van der Waals surface area contributed by atoms with Crippen molar-refractivity contribution in [2.45, 2.75) is 20.4 Å². The quantitative estimate of drug-likeness (QED) is 0.579. The van der Waals surface area contributed by atoms with Crippen molar-refractivity contribution in [3.05, 3.63) is 58.4 Å². The van der Waals surface area contributed by atoms with E-state index in [0.29, 0.717) is 33.6 Å². The van der Waals surface area contributed by atoms with E-state index in [1.54, 1.807) is 37.3 Å². The minimum Gasteiger partial charge on any atom is -0.493 e. The first-order valence-corrected chi connectivity index (χ1v) is 9.69. The van der Waals surface area contributed by atoms with Crippen molar-refractivity contribution in [3.63, 3.8) is 0 Å². The Morgan fingerprint density at radius 1 is 1.03 bits per heavy atom. The molecule has 0 saturated carbocycles. The highest BCUT2D eigenvalue weighted by Gasteiger charge is 2.19. The average Bonchev–Trinajstić information content (AvgIpc) is 3.10. The van der Waals surface area contributed by atoms with Crippen LogP contribution in [0.5, 0.6) is 11.5 Å². The molecule has 0 aliphatic carbocycles. The molecule has 0 fully saturated rings.